The summed E-state index contributed by atoms with van der Waals surface area (Å²) < 4.78 is 26.9. The Morgan fingerprint density at radius 2 is 2.03 bits per heavy atom. The van der Waals surface area contributed by atoms with Crippen LogP contribution in [0.3, 0.4) is 0 Å². The predicted molar refractivity (Wildman–Crippen MR) is 111 cm³/mol. The number of halogens is 2. The molecule has 0 atom stereocenters. The third-order valence-electron chi connectivity index (χ3n) is 5.05. The lowest BCUT2D eigenvalue weighted by molar-refractivity contribution is 0.0115. The Labute approximate surface area is 173 Å². The number of likely N-dealkylation sites (tertiary alicyclic amines) is 1. The first-order chi connectivity index (χ1) is 14.1. The zero-order valence-electron chi connectivity index (χ0n) is 17.3. The quantitative estimate of drug-likeness (QED) is 0.678. The Bertz CT molecular complexity index is 1090. The van der Waals surface area contributed by atoms with Gasteiger partial charge >= 0.3 is 0 Å². The van der Waals surface area contributed by atoms with Gasteiger partial charge < -0.3 is 5.32 Å². The van der Waals surface area contributed by atoms with Gasteiger partial charge in [0.1, 0.15) is 0 Å². The molecule has 2 aromatic heterocycles. The molecule has 30 heavy (non-hydrogen) atoms. The summed E-state index contributed by atoms with van der Waals surface area (Å²) in [5, 5.41) is 10.7. The van der Waals surface area contributed by atoms with Crippen LogP contribution in [-0.4, -0.2) is 50.5 Å². The molecule has 0 spiro atoms. The highest BCUT2D eigenvalue weighted by atomic mass is 19.3. The Kier molecular flexibility index (Phi) is 5.05. The average Bonchev–Trinajstić information content (AvgIpc) is 3.22. The highest BCUT2D eigenvalue weighted by molar-refractivity contribution is 6.05. The number of nitrogens with zero attached hydrogens (tertiary/aromatic N) is 3. The Balaban J connectivity index is 1.60. The van der Waals surface area contributed by atoms with Crippen LogP contribution in [0, 0.1) is 0 Å². The number of amides is 1. The second kappa shape index (κ2) is 7.43. The Hall–Kier alpha value is -2.87. The second-order valence-electron chi connectivity index (χ2n) is 8.94. The number of pyridine rings is 1. The van der Waals surface area contributed by atoms with Crippen LogP contribution in [0.5, 0.6) is 0 Å². The average molecular weight is 413 g/mol. The summed E-state index contributed by atoms with van der Waals surface area (Å²) >= 11 is 0. The van der Waals surface area contributed by atoms with E-state index in [9.17, 15) is 13.6 Å². The molecular weight excluding hydrogens is 388 g/mol. The zero-order valence-corrected chi connectivity index (χ0v) is 17.3. The van der Waals surface area contributed by atoms with E-state index in [1.807, 2.05) is 45.0 Å². The van der Waals surface area contributed by atoms with Crippen LogP contribution in [0.15, 0.2) is 36.7 Å². The first-order valence-electron chi connectivity index (χ1n) is 9.95. The van der Waals surface area contributed by atoms with E-state index in [4.69, 9.17) is 0 Å². The second-order valence-corrected chi connectivity index (χ2v) is 8.94. The van der Waals surface area contributed by atoms with Gasteiger partial charge in [-0.05, 0) is 50.1 Å². The van der Waals surface area contributed by atoms with Gasteiger partial charge in [-0.1, -0.05) is 6.07 Å². The van der Waals surface area contributed by atoms with E-state index in [1.165, 1.54) is 0 Å². The van der Waals surface area contributed by atoms with Gasteiger partial charge in [0.25, 0.3) is 11.8 Å². The molecule has 0 aliphatic carbocycles. The fourth-order valence-corrected chi connectivity index (χ4v) is 3.70. The molecule has 4 rings (SSSR count). The van der Waals surface area contributed by atoms with E-state index in [0.29, 0.717) is 18.8 Å². The SMILES string of the molecule is CC(C)(C)NC(=O)c1n[nH]c2ccc(-c3cncc(CN4CCC(F)(F)C4)c3)cc12. The van der Waals surface area contributed by atoms with E-state index in [-0.39, 0.29) is 24.4 Å². The molecule has 0 unspecified atom stereocenters. The number of nitrogens with one attached hydrogen (secondary N) is 2. The normalized spacial score (nSPS) is 16.8. The number of carbonyl (C=O) groups excluding carboxylic acids is 1. The largest absolute Gasteiger partial charge is 0.346 e. The monoisotopic (exact) mass is 413 g/mol. The summed E-state index contributed by atoms with van der Waals surface area (Å²) in [5.74, 6) is -2.85. The molecule has 6 nitrogen and oxygen atoms in total. The summed E-state index contributed by atoms with van der Waals surface area (Å²) in [6.45, 7) is 6.34. The Morgan fingerprint density at radius 1 is 1.23 bits per heavy atom. The van der Waals surface area contributed by atoms with Crippen molar-refractivity contribution in [1.29, 1.82) is 0 Å². The van der Waals surface area contributed by atoms with E-state index in [2.05, 4.69) is 20.5 Å². The Morgan fingerprint density at radius 3 is 2.73 bits per heavy atom. The summed E-state index contributed by atoms with van der Waals surface area (Å²) in [7, 11) is 0. The van der Waals surface area contributed by atoms with Gasteiger partial charge in [-0.3, -0.25) is 19.8 Å². The lowest BCUT2D eigenvalue weighted by Crippen LogP contribution is -2.40. The maximum absolute atomic E-state index is 13.5. The third-order valence-corrected chi connectivity index (χ3v) is 5.05. The summed E-state index contributed by atoms with van der Waals surface area (Å²) in [6.07, 6.45) is 3.34. The van der Waals surface area contributed by atoms with Crippen molar-refractivity contribution in [1.82, 2.24) is 25.4 Å². The fraction of sp³-hybridized carbons (Fsp3) is 0.409. The topological polar surface area (TPSA) is 73.9 Å². The van der Waals surface area contributed by atoms with Crippen LogP contribution in [0.4, 0.5) is 8.78 Å². The molecule has 1 aromatic carbocycles. The highest BCUT2D eigenvalue weighted by Gasteiger charge is 2.37. The molecule has 3 heterocycles. The highest BCUT2D eigenvalue weighted by Crippen LogP contribution is 2.29. The van der Waals surface area contributed by atoms with Crippen LogP contribution in [-0.2, 0) is 6.54 Å². The molecule has 3 aromatic rings. The number of alkyl halides is 2. The standard InChI is InChI=1S/C22H25F2N5O/c1-21(2,3)26-20(30)19-17-9-15(4-5-18(17)27-28-19)16-8-14(10-25-11-16)12-29-7-6-22(23,24)13-29/h4-5,8-11H,6-7,12-13H2,1-3H3,(H,26,30)(H,27,28). The first kappa shape index (κ1) is 20.4. The van der Waals surface area contributed by atoms with Crippen LogP contribution < -0.4 is 5.32 Å². The summed E-state index contributed by atoms with van der Waals surface area (Å²) in [5.41, 5.74) is 3.36. The summed E-state index contributed by atoms with van der Waals surface area (Å²) in [6, 6.07) is 7.66. The van der Waals surface area contributed by atoms with Crippen LogP contribution >= 0.6 is 0 Å². The number of hydrogen-bond acceptors (Lipinski definition) is 4. The van der Waals surface area contributed by atoms with Gasteiger partial charge in [-0.2, -0.15) is 5.10 Å². The molecule has 1 fully saturated rings. The molecule has 158 valence electrons. The minimum atomic E-state index is -2.61. The van der Waals surface area contributed by atoms with Gasteiger partial charge in [0, 0.05) is 48.4 Å². The molecule has 2 N–H and O–H groups in total. The summed E-state index contributed by atoms with van der Waals surface area (Å²) in [4.78, 5) is 18.7. The smallest absolute Gasteiger partial charge is 0.272 e. The lowest BCUT2D eigenvalue weighted by Gasteiger charge is -2.19. The number of rotatable bonds is 4. The number of aromatic nitrogens is 3. The van der Waals surface area contributed by atoms with Crippen molar-refractivity contribution in [3.8, 4) is 11.1 Å². The van der Waals surface area contributed by atoms with Crippen LogP contribution in [0.2, 0.25) is 0 Å². The molecule has 1 aliphatic rings. The number of H-pyrrole nitrogens is 1. The van der Waals surface area contributed by atoms with Crippen molar-refractivity contribution in [3.63, 3.8) is 0 Å². The van der Waals surface area contributed by atoms with Crippen LogP contribution in [0.25, 0.3) is 22.0 Å². The predicted octanol–water partition coefficient (Wildman–Crippen LogP) is 3.99. The van der Waals surface area contributed by atoms with Gasteiger partial charge in [0.15, 0.2) is 5.69 Å². The first-order valence-corrected chi connectivity index (χ1v) is 9.95. The maximum Gasteiger partial charge on any atom is 0.272 e. The minimum Gasteiger partial charge on any atom is -0.346 e. The van der Waals surface area contributed by atoms with E-state index < -0.39 is 5.92 Å². The lowest BCUT2D eigenvalue weighted by atomic mass is 10.0. The number of carbonyl (C=O) groups is 1. The number of fused-ring (bicyclic) bond motifs is 1. The van der Waals surface area contributed by atoms with E-state index >= 15 is 0 Å². The van der Waals surface area contributed by atoms with E-state index in [1.54, 1.807) is 17.3 Å². The third kappa shape index (κ3) is 4.48. The molecular formula is C22H25F2N5O. The zero-order chi connectivity index (χ0) is 21.5. The van der Waals surface area contributed by atoms with Gasteiger partial charge in [-0.25, -0.2) is 8.78 Å². The van der Waals surface area contributed by atoms with Crippen molar-refractivity contribution in [2.45, 2.75) is 45.2 Å². The van der Waals surface area contributed by atoms with Crippen molar-refractivity contribution < 1.29 is 13.6 Å². The van der Waals surface area contributed by atoms with Crippen molar-refractivity contribution >= 4 is 16.8 Å². The van der Waals surface area contributed by atoms with Crippen molar-refractivity contribution in [2.75, 3.05) is 13.1 Å². The molecule has 0 radical (unpaired) electrons. The molecule has 0 bridgehead atoms. The van der Waals surface area contributed by atoms with Gasteiger partial charge in [-0.15, -0.1) is 0 Å². The molecule has 1 amide bonds. The molecule has 1 aliphatic heterocycles. The van der Waals surface area contributed by atoms with Gasteiger partial charge in [0.05, 0.1) is 12.1 Å². The minimum absolute atomic E-state index is 0.101. The molecule has 1 saturated heterocycles. The van der Waals surface area contributed by atoms with Gasteiger partial charge in [0.2, 0.25) is 0 Å². The van der Waals surface area contributed by atoms with Crippen molar-refractivity contribution in [2.24, 2.45) is 0 Å². The van der Waals surface area contributed by atoms with Crippen molar-refractivity contribution in [3.05, 3.63) is 47.9 Å². The molecule has 8 heteroatoms. The number of hydrogen-bond donors (Lipinski definition) is 2. The number of aromatic amines is 1. The van der Waals surface area contributed by atoms with E-state index in [0.717, 1.165) is 27.6 Å². The molecule has 0 saturated carbocycles. The fourth-order valence-electron chi connectivity index (χ4n) is 3.70. The number of benzene rings is 1. The van der Waals surface area contributed by atoms with Crippen LogP contribution in [0.1, 0.15) is 43.2 Å². The maximum atomic E-state index is 13.5.